The molecule has 0 aromatic carbocycles. The van der Waals surface area contributed by atoms with Crippen molar-refractivity contribution in [3.63, 3.8) is 0 Å². The van der Waals surface area contributed by atoms with Crippen LogP contribution in [0.15, 0.2) is 12.1 Å². The average Bonchev–Trinajstić information content (AvgIpc) is 1.94. The quantitative estimate of drug-likeness (QED) is 0.420. The highest BCUT2D eigenvalue weighted by Gasteiger charge is 2.04. The van der Waals surface area contributed by atoms with Gasteiger partial charge in [-0.1, -0.05) is 0 Å². The van der Waals surface area contributed by atoms with E-state index >= 15 is 0 Å². The molecule has 1 heterocycles. The van der Waals surface area contributed by atoms with Crippen LogP contribution in [0, 0.1) is 7.40 Å². The summed E-state index contributed by atoms with van der Waals surface area (Å²) in [6.45, 7) is 1.37. The number of aromatic nitrogens is 1. The molecule has 0 radical (unpaired) electrons. The summed E-state index contributed by atoms with van der Waals surface area (Å²) in [6, 6.07) is 3.53. The van der Waals surface area contributed by atoms with Crippen molar-refractivity contribution >= 4 is 51.2 Å². The van der Waals surface area contributed by atoms with Crippen LogP contribution in [0.5, 0.6) is 5.75 Å². The molecular formula is C7H5I2NO2. The predicted molar refractivity (Wildman–Crippen MR) is 61.0 cm³/mol. The molecule has 64 valence electrons. The molecule has 0 aliphatic heterocycles. The Bertz CT molecular complexity index is 314. The Morgan fingerprint density at radius 3 is 2.67 bits per heavy atom. The first kappa shape index (κ1) is 10.2. The number of halogens is 2. The second kappa shape index (κ2) is 4.35. The smallest absolute Gasteiger partial charge is 0.308 e. The van der Waals surface area contributed by atoms with E-state index in [1.807, 2.05) is 22.6 Å². The number of pyridine rings is 1. The van der Waals surface area contributed by atoms with Crippen molar-refractivity contribution in [3.8, 4) is 5.75 Å². The van der Waals surface area contributed by atoms with Crippen LogP contribution in [0.1, 0.15) is 6.92 Å². The van der Waals surface area contributed by atoms with Gasteiger partial charge in [-0.05, 0) is 57.3 Å². The van der Waals surface area contributed by atoms with Gasteiger partial charge in [-0.2, -0.15) is 0 Å². The second-order valence-corrected chi connectivity index (χ2v) is 4.14. The van der Waals surface area contributed by atoms with Gasteiger partial charge in [0.2, 0.25) is 0 Å². The first-order chi connectivity index (χ1) is 5.59. The van der Waals surface area contributed by atoms with Gasteiger partial charge in [0.15, 0.2) is 5.75 Å². The zero-order valence-electron chi connectivity index (χ0n) is 6.17. The molecule has 0 atom stereocenters. The fourth-order valence-corrected chi connectivity index (χ4v) is 2.06. The van der Waals surface area contributed by atoms with E-state index in [2.05, 4.69) is 27.6 Å². The lowest BCUT2D eigenvalue weighted by Gasteiger charge is -2.02. The average molecular weight is 389 g/mol. The molecule has 0 bridgehead atoms. The fraction of sp³-hybridized carbons (Fsp3) is 0.143. The fourth-order valence-electron chi connectivity index (χ4n) is 0.630. The van der Waals surface area contributed by atoms with Gasteiger partial charge in [0.25, 0.3) is 0 Å². The van der Waals surface area contributed by atoms with Gasteiger partial charge in [-0.15, -0.1) is 0 Å². The van der Waals surface area contributed by atoms with E-state index in [-0.39, 0.29) is 5.97 Å². The minimum absolute atomic E-state index is 0.323. The topological polar surface area (TPSA) is 39.2 Å². The van der Waals surface area contributed by atoms with E-state index in [9.17, 15) is 4.79 Å². The number of ether oxygens (including phenoxy) is 1. The lowest BCUT2D eigenvalue weighted by atomic mass is 10.5. The summed E-state index contributed by atoms with van der Waals surface area (Å²) in [5, 5.41) is 0. The summed E-state index contributed by atoms with van der Waals surface area (Å²) in [6.07, 6.45) is 0. The zero-order valence-corrected chi connectivity index (χ0v) is 10.5. The molecule has 0 unspecified atom stereocenters. The molecule has 12 heavy (non-hydrogen) atoms. The van der Waals surface area contributed by atoms with Crippen LogP contribution in [-0.2, 0) is 4.79 Å². The van der Waals surface area contributed by atoms with E-state index in [1.165, 1.54) is 6.92 Å². The molecule has 0 spiro atoms. The van der Waals surface area contributed by atoms with E-state index in [0.29, 0.717) is 9.45 Å². The summed E-state index contributed by atoms with van der Waals surface area (Å²) in [7, 11) is 0. The largest absolute Gasteiger partial charge is 0.424 e. The van der Waals surface area contributed by atoms with Crippen molar-refractivity contribution < 1.29 is 9.53 Å². The van der Waals surface area contributed by atoms with E-state index < -0.39 is 0 Å². The Morgan fingerprint density at radius 2 is 2.17 bits per heavy atom. The maximum absolute atomic E-state index is 10.6. The number of hydrogen-bond acceptors (Lipinski definition) is 3. The number of carbonyl (C=O) groups excluding carboxylic acids is 1. The molecule has 0 fully saturated rings. The highest BCUT2D eigenvalue weighted by molar-refractivity contribution is 14.1. The Kier molecular flexibility index (Phi) is 3.69. The molecule has 1 rings (SSSR count). The molecule has 1 aromatic heterocycles. The minimum atomic E-state index is -0.323. The molecule has 5 heteroatoms. The third-order valence-corrected chi connectivity index (χ3v) is 2.41. The number of esters is 1. The summed E-state index contributed by atoms with van der Waals surface area (Å²) in [4.78, 5) is 14.7. The van der Waals surface area contributed by atoms with Crippen molar-refractivity contribution in [2.24, 2.45) is 0 Å². The SMILES string of the molecule is CC(=O)Oc1ccc(I)nc1I. The summed E-state index contributed by atoms with van der Waals surface area (Å²) >= 11 is 4.13. The first-order valence-corrected chi connectivity index (χ1v) is 5.26. The molecule has 0 N–H and O–H groups in total. The van der Waals surface area contributed by atoms with Crippen LogP contribution in [-0.4, -0.2) is 11.0 Å². The highest BCUT2D eigenvalue weighted by Crippen LogP contribution is 2.19. The first-order valence-electron chi connectivity index (χ1n) is 3.10. The van der Waals surface area contributed by atoms with Crippen LogP contribution < -0.4 is 4.74 Å². The van der Waals surface area contributed by atoms with Crippen LogP contribution in [0.2, 0.25) is 0 Å². The van der Waals surface area contributed by atoms with Gasteiger partial charge in [0, 0.05) is 6.92 Å². The van der Waals surface area contributed by atoms with Crippen molar-refractivity contribution in [2.75, 3.05) is 0 Å². The lowest BCUT2D eigenvalue weighted by Crippen LogP contribution is -2.03. The molecule has 0 aliphatic carbocycles. The maximum atomic E-state index is 10.6. The second-order valence-electron chi connectivity index (χ2n) is 2.02. The monoisotopic (exact) mass is 389 g/mol. The molecule has 0 aliphatic rings. The van der Waals surface area contributed by atoms with E-state index in [1.54, 1.807) is 12.1 Å². The van der Waals surface area contributed by atoms with Gasteiger partial charge in [-0.25, -0.2) is 4.98 Å². The van der Waals surface area contributed by atoms with Gasteiger partial charge < -0.3 is 4.74 Å². The third-order valence-electron chi connectivity index (χ3n) is 1.03. The predicted octanol–water partition coefficient (Wildman–Crippen LogP) is 2.22. The summed E-state index contributed by atoms with van der Waals surface area (Å²) in [5.41, 5.74) is 0. The Morgan fingerprint density at radius 1 is 1.50 bits per heavy atom. The van der Waals surface area contributed by atoms with Gasteiger partial charge >= 0.3 is 5.97 Å². The number of rotatable bonds is 1. The van der Waals surface area contributed by atoms with Crippen LogP contribution in [0.3, 0.4) is 0 Å². The van der Waals surface area contributed by atoms with Crippen LogP contribution in [0.4, 0.5) is 0 Å². The van der Waals surface area contributed by atoms with Crippen molar-refractivity contribution in [1.29, 1.82) is 0 Å². The molecule has 0 amide bonds. The molecular weight excluding hydrogens is 384 g/mol. The number of nitrogens with zero attached hydrogens (tertiary/aromatic N) is 1. The normalized spacial score (nSPS) is 9.58. The zero-order chi connectivity index (χ0) is 9.14. The minimum Gasteiger partial charge on any atom is -0.424 e. The van der Waals surface area contributed by atoms with Crippen molar-refractivity contribution in [2.45, 2.75) is 6.92 Å². The highest BCUT2D eigenvalue weighted by atomic mass is 127. The van der Waals surface area contributed by atoms with Gasteiger partial charge in [0.05, 0.1) is 0 Å². The van der Waals surface area contributed by atoms with Crippen LogP contribution in [0.25, 0.3) is 0 Å². The number of carbonyl (C=O) groups is 1. The van der Waals surface area contributed by atoms with Crippen molar-refractivity contribution in [3.05, 3.63) is 19.5 Å². The Balaban J connectivity index is 2.93. The number of hydrogen-bond donors (Lipinski definition) is 0. The molecule has 0 saturated heterocycles. The lowest BCUT2D eigenvalue weighted by molar-refractivity contribution is -0.131. The molecule has 3 nitrogen and oxygen atoms in total. The van der Waals surface area contributed by atoms with Crippen LogP contribution >= 0.6 is 45.2 Å². The van der Waals surface area contributed by atoms with Gasteiger partial charge in [-0.3, -0.25) is 4.79 Å². The van der Waals surface area contributed by atoms with Crippen molar-refractivity contribution in [1.82, 2.24) is 4.98 Å². The third kappa shape index (κ3) is 2.85. The van der Waals surface area contributed by atoms with E-state index in [4.69, 9.17) is 4.74 Å². The Labute approximate surface area is 97.2 Å². The molecule has 1 aromatic rings. The summed E-state index contributed by atoms with van der Waals surface area (Å²) in [5.74, 6) is 0.194. The van der Waals surface area contributed by atoms with E-state index in [0.717, 1.165) is 3.70 Å². The summed E-state index contributed by atoms with van der Waals surface area (Å²) < 4.78 is 6.47. The standard InChI is InChI=1S/C7H5I2NO2/c1-4(11)12-5-2-3-6(8)10-7(5)9/h2-3H,1H3. The molecule has 0 saturated carbocycles. The Hall–Kier alpha value is 0.0800. The van der Waals surface area contributed by atoms with Gasteiger partial charge in [0.1, 0.15) is 7.40 Å². The maximum Gasteiger partial charge on any atom is 0.308 e.